The molecule has 1 aromatic rings. The van der Waals surface area contributed by atoms with Crippen LogP contribution in [-0.2, 0) is 0 Å². The van der Waals surface area contributed by atoms with Crippen LogP contribution in [0.15, 0.2) is 41.0 Å². The first-order valence-electron chi connectivity index (χ1n) is 8.41. The summed E-state index contributed by atoms with van der Waals surface area (Å²) in [5.41, 5.74) is 3.54. The Balaban J connectivity index is 1.88. The van der Waals surface area contributed by atoms with Crippen LogP contribution in [0.4, 0.5) is 10.1 Å². The summed E-state index contributed by atoms with van der Waals surface area (Å²) in [6.45, 7) is 7.11. The van der Waals surface area contributed by atoms with Gasteiger partial charge in [0.25, 0.3) is 0 Å². The molecule has 118 valence electrons. The number of benzene rings is 1. The van der Waals surface area contributed by atoms with E-state index in [1.54, 1.807) is 11.0 Å². The molecule has 1 aliphatic carbocycles. The van der Waals surface area contributed by atoms with E-state index in [9.17, 15) is 4.39 Å². The molecule has 1 N–H and O–H groups in total. The van der Waals surface area contributed by atoms with E-state index in [4.69, 9.17) is 4.99 Å². The first-order chi connectivity index (χ1) is 10.5. The number of halogens is 1. The molecule has 1 aromatic carbocycles. The summed E-state index contributed by atoms with van der Waals surface area (Å²) in [6.07, 6.45) is 8.39. The fourth-order valence-electron chi connectivity index (χ4n) is 3.68. The summed E-state index contributed by atoms with van der Waals surface area (Å²) in [7, 11) is 0. The number of piperidine rings is 1. The molecule has 2 nitrogen and oxygen atoms in total. The van der Waals surface area contributed by atoms with E-state index in [0.29, 0.717) is 0 Å². The molecule has 3 heteroatoms. The number of hydrogen-bond donors (Lipinski definition) is 1. The van der Waals surface area contributed by atoms with Gasteiger partial charge in [0.1, 0.15) is 11.5 Å². The number of nitrogens with one attached hydrogen (secondary N) is 1. The number of likely N-dealkylation sites (tertiary alicyclic amines) is 1. The van der Waals surface area contributed by atoms with Crippen LogP contribution in [-0.4, -0.2) is 18.8 Å². The fraction of sp³-hybridized carbons (Fsp3) is 0.526. The molecule has 1 aliphatic heterocycles. The van der Waals surface area contributed by atoms with Gasteiger partial charge in [0.2, 0.25) is 0 Å². The Kier molecular flexibility index (Phi) is 4.44. The Morgan fingerprint density at radius 1 is 1.09 bits per heavy atom. The highest BCUT2D eigenvalue weighted by molar-refractivity contribution is 5.98. The average molecular weight is 301 g/mol. The normalized spacial score (nSPS) is 24.3. The summed E-state index contributed by atoms with van der Waals surface area (Å²) >= 11 is 0. The van der Waals surface area contributed by atoms with E-state index in [1.807, 2.05) is 6.07 Å². The third-order valence-corrected chi connectivity index (χ3v) is 4.66. The van der Waals surface area contributed by atoms with Gasteiger partial charge < -0.3 is 4.90 Å². The number of allylic oxidation sites excluding steroid dienone is 2. The summed E-state index contributed by atoms with van der Waals surface area (Å²) in [5, 5.41) is 0. The lowest BCUT2D eigenvalue weighted by atomic mass is 9.78. The quantitative estimate of drug-likeness (QED) is 0.858. The molecule has 22 heavy (non-hydrogen) atoms. The van der Waals surface area contributed by atoms with Crippen molar-refractivity contribution >= 4 is 11.4 Å². The molecule has 0 spiro atoms. The molecule has 2 aliphatic rings. The fourth-order valence-corrected chi connectivity index (χ4v) is 3.68. The van der Waals surface area contributed by atoms with Crippen molar-refractivity contribution in [3.05, 3.63) is 41.9 Å². The number of aliphatic imine (C=N–C) groups is 1. The molecule has 0 bridgehead atoms. The molecule has 0 amide bonds. The lowest BCUT2D eigenvalue weighted by Gasteiger charge is -2.34. The zero-order valence-corrected chi connectivity index (χ0v) is 13.7. The van der Waals surface area contributed by atoms with Gasteiger partial charge in [-0.1, -0.05) is 19.9 Å². The Labute approximate surface area is 132 Å². The minimum atomic E-state index is -0.220. The van der Waals surface area contributed by atoms with Gasteiger partial charge in [0, 0.05) is 18.2 Å². The third kappa shape index (κ3) is 3.83. The highest BCUT2D eigenvalue weighted by atomic mass is 19.1. The Hall–Kier alpha value is -1.48. The Morgan fingerprint density at radius 2 is 1.86 bits per heavy atom. The summed E-state index contributed by atoms with van der Waals surface area (Å²) in [5.74, 6) is -0.220. The highest BCUT2D eigenvalue weighted by Crippen LogP contribution is 2.33. The molecule has 1 fully saturated rings. The van der Waals surface area contributed by atoms with Crippen molar-refractivity contribution in [1.82, 2.24) is 0 Å². The number of quaternary nitrogens is 1. The van der Waals surface area contributed by atoms with Crippen molar-refractivity contribution in [2.45, 2.75) is 46.0 Å². The summed E-state index contributed by atoms with van der Waals surface area (Å²) < 4.78 is 13.4. The van der Waals surface area contributed by atoms with Crippen LogP contribution in [0, 0.1) is 11.2 Å². The van der Waals surface area contributed by atoms with Crippen molar-refractivity contribution < 1.29 is 9.29 Å². The molecule has 0 aromatic heterocycles. The third-order valence-electron chi connectivity index (χ3n) is 4.66. The smallest absolute Gasteiger partial charge is 0.125 e. The molecule has 0 saturated carbocycles. The van der Waals surface area contributed by atoms with Crippen molar-refractivity contribution in [2.24, 2.45) is 10.4 Å². The zero-order valence-electron chi connectivity index (χ0n) is 13.7. The maximum absolute atomic E-state index is 13.4. The first kappa shape index (κ1) is 15.4. The maximum atomic E-state index is 13.4. The standard InChI is InChI=1S/C19H25FN2/c1-19(2)13-17(21-16-8-6-7-15(20)11-16)12-18(14-19)22-9-4-3-5-10-22/h6-8,11-12H,3-5,9-10,13-14H2,1-2H3/p+1. The maximum Gasteiger partial charge on any atom is 0.125 e. The van der Waals surface area contributed by atoms with Crippen molar-refractivity contribution in [3.63, 3.8) is 0 Å². The van der Waals surface area contributed by atoms with Gasteiger partial charge >= 0.3 is 0 Å². The SMILES string of the molecule is CC1(C)CC([NH+]2CCCCC2)=CC(=Nc2cccc(F)c2)C1. The van der Waals surface area contributed by atoms with Crippen molar-refractivity contribution in [2.75, 3.05) is 13.1 Å². The molecule has 0 atom stereocenters. The lowest BCUT2D eigenvalue weighted by molar-refractivity contribution is -0.868. The van der Waals surface area contributed by atoms with E-state index in [0.717, 1.165) is 24.2 Å². The predicted molar refractivity (Wildman–Crippen MR) is 89.1 cm³/mol. The molecule has 1 saturated heterocycles. The van der Waals surface area contributed by atoms with Crippen LogP contribution in [0.25, 0.3) is 0 Å². The van der Waals surface area contributed by atoms with Gasteiger partial charge in [-0.3, -0.25) is 4.99 Å². The van der Waals surface area contributed by atoms with Crippen molar-refractivity contribution in [3.8, 4) is 0 Å². The van der Waals surface area contributed by atoms with E-state index >= 15 is 0 Å². The lowest BCUT2D eigenvalue weighted by Crippen LogP contribution is -3.11. The van der Waals surface area contributed by atoms with Gasteiger partial charge in [-0.05, 0) is 49.3 Å². The second kappa shape index (κ2) is 6.33. The largest absolute Gasteiger partial charge is 0.306 e. The zero-order chi connectivity index (χ0) is 15.6. The number of nitrogens with zero attached hydrogens (tertiary/aromatic N) is 1. The number of hydrogen-bond acceptors (Lipinski definition) is 1. The van der Waals surface area contributed by atoms with Gasteiger partial charge in [-0.25, -0.2) is 4.39 Å². The first-order valence-corrected chi connectivity index (χ1v) is 8.41. The van der Waals surface area contributed by atoms with Gasteiger partial charge in [-0.15, -0.1) is 0 Å². The molecule has 3 rings (SSSR count). The monoisotopic (exact) mass is 301 g/mol. The highest BCUT2D eigenvalue weighted by Gasteiger charge is 2.32. The second-order valence-electron chi connectivity index (χ2n) is 7.43. The van der Waals surface area contributed by atoms with Crippen molar-refractivity contribution in [1.29, 1.82) is 0 Å². The Bertz CT molecular complexity index is 595. The van der Waals surface area contributed by atoms with E-state index in [1.165, 1.54) is 50.2 Å². The van der Waals surface area contributed by atoms with Crippen LogP contribution < -0.4 is 4.90 Å². The summed E-state index contributed by atoms with van der Waals surface area (Å²) in [4.78, 5) is 6.34. The minimum Gasteiger partial charge on any atom is -0.306 e. The van der Waals surface area contributed by atoms with Gasteiger partial charge in [-0.2, -0.15) is 0 Å². The molecular formula is C19H26FN2+. The predicted octanol–water partition coefficient (Wildman–Crippen LogP) is 3.67. The van der Waals surface area contributed by atoms with Gasteiger partial charge in [0.15, 0.2) is 0 Å². The summed E-state index contributed by atoms with van der Waals surface area (Å²) in [6, 6.07) is 6.58. The number of rotatable bonds is 2. The van der Waals surface area contributed by atoms with Crippen LogP contribution in [0.1, 0.15) is 46.0 Å². The molecule has 0 radical (unpaired) electrons. The molecule has 1 heterocycles. The van der Waals surface area contributed by atoms with Crippen LogP contribution >= 0.6 is 0 Å². The van der Waals surface area contributed by atoms with E-state index in [-0.39, 0.29) is 11.2 Å². The molecular weight excluding hydrogens is 275 g/mol. The Morgan fingerprint density at radius 3 is 2.59 bits per heavy atom. The van der Waals surface area contributed by atoms with E-state index < -0.39 is 0 Å². The molecule has 0 unspecified atom stereocenters. The topological polar surface area (TPSA) is 16.8 Å². The second-order valence-corrected chi connectivity index (χ2v) is 7.43. The minimum absolute atomic E-state index is 0.220. The van der Waals surface area contributed by atoms with Gasteiger partial charge in [0.05, 0.1) is 18.8 Å². The van der Waals surface area contributed by atoms with E-state index in [2.05, 4.69) is 19.9 Å². The average Bonchev–Trinajstić information content (AvgIpc) is 2.46. The van der Waals surface area contributed by atoms with Crippen LogP contribution in [0.5, 0.6) is 0 Å². The van der Waals surface area contributed by atoms with Crippen LogP contribution in [0.3, 0.4) is 0 Å². The van der Waals surface area contributed by atoms with Crippen LogP contribution in [0.2, 0.25) is 0 Å².